The summed E-state index contributed by atoms with van der Waals surface area (Å²) >= 11 is 11.8. The van der Waals surface area contributed by atoms with Crippen LogP contribution < -0.4 is 5.32 Å². The number of carbonyl (C=O) groups excluding carboxylic acids is 1. The second-order valence-corrected chi connectivity index (χ2v) is 5.84. The van der Waals surface area contributed by atoms with E-state index in [0.717, 1.165) is 6.07 Å². The van der Waals surface area contributed by atoms with Gasteiger partial charge in [-0.1, -0.05) is 46.6 Å². The zero-order chi connectivity index (χ0) is 17.3. The summed E-state index contributed by atoms with van der Waals surface area (Å²) in [5.74, 6) is -0.773. The second-order valence-electron chi connectivity index (χ2n) is 5.03. The van der Waals surface area contributed by atoms with Gasteiger partial charge in [-0.3, -0.25) is 4.79 Å². The average Bonchev–Trinajstić information content (AvgIpc) is 2.93. The summed E-state index contributed by atoms with van der Waals surface area (Å²) in [6.45, 7) is 1.62. The minimum absolute atomic E-state index is 0.0223. The standard InChI is InChI=1S/C17H11Cl2FN2O2/c1-9-15(16(22-24-9)11-4-2-3-5-12(11)18)17(23)21-10-6-7-13(19)14(20)8-10/h2-8H,1H3,(H,21,23). The number of benzene rings is 2. The largest absolute Gasteiger partial charge is 0.360 e. The number of aryl methyl sites for hydroxylation is 1. The fourth-order valence-electron chi connectivity index (χ4n) is 2.24. The van der Waals surface area contributed by atoms with Gasteiger partial charge >= 0.3 is 0 Å². The lowest BCUT2D eigenvalue weighted by molar-refractivity contribution is 0.102. The Kier molecular flexibility index (Phi) is 4.55. The summed E-state index contributed by atoms with van der Waals surface area (Å²) in [4.78, 5) is 12.6. The third-order valence-electron chi connectivity index (χ3n) is 3.40. The van der Waals surface area contributed by atoms with E-state index in [1.807, 2.05) is 0 Å². The van der Waals surface area contributed by atoms with Gasteiger partial charge in [-0.05, 0) is 31.2 Å². The number of nitrogens with one attached hydrogen (secondary N) is 1. The molecule has 0 bridgehead atoms. The van der Waals surface area contributed by atoms with E-state index in [0.29, 0.717) is 22.0 Å². The van der Waals surface area contributed by atoms with Gasteiger partial charge < -0.3 is 9.84 Å². The van der Waals surface area contributed by atoms with Crippen LogP contribution in [0.4, 0.5) is 10.1 Å². The summed E-state index contributed by atoms with van der Waals surface area (Å²) in [5, 5.41) is 6.95. The Morgan fingerprint density at radius 3 is 2.62 bits per heavy atom. The van der Waals surface area contributed by atoms with Crippen molar-refractivity contribution in [3.63, 3.8) is 0 Å². The molecule has 1 amide bonds. The minimum Gasteiger partial charge on any atom is -0.360 e. The predicted molar refractivity (Wildman–Crippen MR) is 91.0 cm³/mol. The lowest BCUT2D eigenvalue weighted by Crippen LogP contribution is -2.13. The van der Waals surface area contributed by atoms with Gasteiger partial charge in [0.25, 0.3) is 5.91 Å². The molecule has 7 heteroatoms. The van der Waals surface area contributed by atoms with E-state index < -0.39 is 11.7 Å². The molecule has 24 heavy (non-hydrogen) atoms. The summed E-state index contributed by atoms with van der Waals surface area (Å²) < 4.78 is 18.7. The summed E-state index contributed by atoms with van der Waals surface area (Å²) in [7, 11) is 0. The fraction of sp³-hybridized carbons (Fsp3) is 0.0588. The van der Waals surface area contributed by atoms with Crippen LogP contribution in [0.3, 0.4) is 0 Å². The van der Waals surface area contributed by atoms with Crippen molar-refractivity contribution in [2.24, 2.45) is 0 Å². The number of hydrogen-bond acceptors (Lipinski definition) is 3. The van der Waals surface area contributed by atoms with E-state index in [1.54, 1.807) is 31.2 Å². The normalized spacial score (nSPS) is 10.7. The van der Waals surface area contributed by atoms with E-state index in [9.17, 15) is 9.18 Å². The zero-order valence-corrected chi connectivity index (χ0v) is 14.0. The molecular formula is C17H11Cl2FN2O2. The monoisotopic (exact) mass is 364 g/mol. The Balaban J connectivity index is 1.97. The molecule has 1 N–H and O–H groups in total. The van der Waals surface area contributed by atoms with Crippen molar-refractivity contribution >= 4 is 34.8 Å². The van der Waals surface area contributed by atoms with E-state index in [1.165, 1.54) is 12.1 Å². The maximum Gasteiger partial charge on any atom is 0.261 e. The molecule has 1 heterocycles. The number of aromatic nitrogens is 1. The Bertz CT molecular complexity index is 925. The van der Waals surface area contributed by atoms with Gasteiger partial charge in [-0.25, -0.2) is 4.39 Å². The summed E-state index contributed by atoms with van der Waals surface area (Å²) in [5.41, 5.74) is 1.40. The quantitative estimate of drug-likeness (QED) is 0.681. The molecule has 1 aromatic heterocycles. The molecule has 0 aliphatic heterocycles. The van der Waals surface area contributed by atoms with E-state index in [-0.39, 0.29) is 16.3 Å². The molecule has 0 saturated carbocycles. The van der Waals surface area contributed by atoms with Gasteiger partial charge in [-0.15, -0.1) is 0 Å². The third-order valence-corrected chi connectivity index (χ3v) is 4.03. The highest BCUT2D eigenvalue weighted by Gasteiger charge is 2.23. The number of halogens is 3. The zero-order valence-electron chi connectivity index (χ0n) is 12.4. The molecule has 0 aliphatic rings. The van der Waals surface area contributed by atoms with Gasteiger partial charge in [0.2, 0.25) is 0 Å². The van der Waals surface area contributed by atoms with E-state index in [2.05, 4.69) is 10.5 Å². The predicted octanol–water partition coefficient (Wildman–Crippen LogP) is 5.35. The van der Waals surface area contributed by atoms with Gasteiger partial charge in [0, 0.05) is 11.3 Å². The van der Waals surface area contributed by atoms with Crippen LogP contribution in [0.25, 0.3) is 11.3 Å². The molecule has 0 unspecified atom stereocenters. The molecule has 0 aliphatic carbocycles. The first-order valence-electron chi connectivity index (χ1n) is 6.95. The van der Waals surface area contributed by atoms with Crippen molar-refractivity contribution in [3.05, 3.63) is 69.7 Å². The smallest absolute Gasteiger partial charge is 0.261 e. The van der Waals surface area contributed by atoms with Crippen LogP contribution >= 0.6 is 23.2 Å². The average molecular weight is 365 g/mol. The third kappa shape index (κ3) is 3.13. The second kappa shape index (κ2) is 6.63. The van der Waals surface area contributed by atoms with Crippen molar-refractivity contribution in [2.45, 2.75) is 6.92 Å². The molecule has 4 nitrogen and oxygen atoms in total. The number of amides is 1. The van der Waals surface area contributed by atoms with Crippen molar-refractivity contribution in [1.29, 1.82) is 0 Å². The molecule has 122 valence electrons. The highest BCUT2D eigenvalue weighted by atomic mass is 35.5. The summed E-state index contributed by atoms with van der Waals surface area (Å²) in [6, 6.07) is 11.0. The van der Waals surface area contributed by atoms with Crippen LogP contribution in [0.15, 0.2) is 47.0 Å². The maximum absolute atomic E-state index is 13.5. The molecule has 0 fully saturated rings. The van der Waals surface area contributed by atoms with E-state index in [4.69, 9.17) is 27.7 Å². The Morgan fingerprint density at radius 1 is 1.17 bits per heavy atom. The Labute approximate surface area is 147 Å². The van der Waals surface area contributed by atoms with Crippen molar-refractivity contribution < 1.29 is 13.7 Å². The molecule has 0 saturated heterocycles. The Hall–Kier alpha value is -2.37. The van der Waals surface area contributed by atoms with Crippen molar-refractivity contribution in [2.75, 3.05) is 5.32 Å². The van der Waals surface area contributed by atoms with Gasteiger partial charge in [0.05, 0.1) is 10.0 Å². The Morgan fingerprint density at radius 2 is 1.92 bits per heavy atom. The molecule has 0 atom stereocenters. The van der Waals surface area contributed by atoms with Crippen LogP contribution in [-0.2, 0) is 0 Å². The number of hydrogen-bond donors (Lipinski definition) is 1. The lowest BCUT2D eigenvalue weighted by Gasteiger charge is -2.07. The topological polar surface area (TPSA) is 55.1 Å². The van der Waals surface area contributed by atoms with Crippen LogP contribution in [0.1, 0.15) is 16.1 Å². The lowest BCUT2D eigenvalue weighted by atomic mass is 10.1. The molecular weight excluding hydrogens is 354 g/mol. The van der Waals surface area contributed by atoms with Gasteiger partial charge in [0.1, 0.15) is 22.8 Å². The first-order valence-corrected chi connectivity index (χ1v) is 7.70. The van der Waals surface area contributed by atoms with Gasteiger partial charge in [0.15, 0.2) is 0 Å². The molecule has 0 spiro atoms. The van der Waals surface area contributed by atoms with Gasteiger partial charge in [-0.2, -0.15) is 0 Å². The molecule has 3 aromatic rings. The minimum atomic E-state index is -0.622. The number of anilines is 1. The highest BCUT2D eigenvalue weighted by Crippen LogP contribution is 2.31. The number of nitrogens with zero attached hydrogens (tertiary/aromatic N) is 1. The van der Waals surface area contributed by atoms with Crippen LogP contribution in [0.2, 0.25) is 10.0 Å². The molecule has 3 rings (SSSR count). The number of carbonyl (C=O) groups is 1. The van der Waals surface area contributed by atoms with E-state index >= 15 is 0 Å². The first kappa shape index (κ1) is 16.5. The highest BCUT2D eigenvalue weighted by molar-refractivity contribution is 6.33. The molecule has 0 radical (unpaired) electrons. The van der Waals surface area contributed by atoms with Crippen molar-refractivity contribution in [3.8, 4) is 11.3 Å². The molecule has 2 aromatic carbocycles. The maximum atomic E-state index is 13.5. The van der Waals surface area contributed by atoms with Crippen molar-refractivity contribution in [1.82, 2.24) is 5.16 Å². The fourth-order valence-corrected chi connectivity index (χ4v) is 2.59. The van der Waals surface area contributed by atoms with Crippen LogP contribution in [0.5, 0.6) is 0 Å². The van der Waals surface area contributed by atoms with Crippen LogP contribution in [-0.4, -0.2) is 11.1 Å². The number of rotatable bonds is 3. The SMILES string of the molecule is Cc1onc(-c2ccccc2Cl)c1C(=O)Nc1ccc(Cl)c(F)c1. The summed E-state index contributed by atoms with van der Waals surface area (Å²) in [6.07, 6.45) is 0. The van der Waals surface area contributed by atoms with Crippen LogP contribution in [0, 0.1) is 12.7 Å². The first-order chi connectivity index (χ1) is 11.5.